The minimum atomic E-state index is -1.42. The fraction of sp³-hybridized carbons (Fsp3) is 0.364. The Morgan fingerprint density at radius 2 is 2.00 bits per heavy atom. The molecule has 0 aliphatic heterocycles. The second-order valence-corrected chi connectivity index (χ2v) is 5.95. The molecule has 0 saturated carbocycles. The van der Waals surface area contributed by atoms with Crippen LogP contribution in [0.5, 0.6) is 0 Å². The van der Waals surface area contributed by atoms with Crippen LogP contribution in [-0.4, -0.2) is 15.7 Å². The lowest BCUT2D eigenvalue weighted by molar-refractivity contribution is -0.119. The first-order chi connectivity index (χ1) is 7.41. The standard InChI is InChI=1S/C11H12Cl2O2S/c1-7(2)10(14)6-16(15)11-5-8(12)3-4-9(11)13/h3-5,7H,6H2,1-2H3. The third kappa shape index (κ3) is 3.58. The molecule has 0 saturated heterocycles. The number of ketones is 1. The molecule has 1 aromatic rings. The zero-order valence-corrected chi connectivity index (χ0v) is 11.3. The van der Waals surface area contributed by atoms with E-state index >= 15 is 0 Å². The average molecular weight is 279 g/mol. The summed E-state index contributed by atoms with van der Waals surface area (Å²) in [6.07, 6.45) is 0. The molecule has 0 N–H and O–H groups in total. The number of carbonyl (C=O) groups is 1. The summed E-state index contributed by atoms with van der Waals surface area (Å²) in [5.74, 6) is -0.186. The number of hydrogen-bond donors (Lipinski definition) is 0. The summed E-state index contributed by atoms with van der Waals surface area (Å²) in [6, 6.07) is 4.74. The van der Waals surface area contributed by atoms with Gasteiger partial charge < -0.3 is 0 Å². The Bertz CT molecular complexity index is 430. The predicted octanol–water partition coefficient (Wildman–Crippen LogP) is 3.33. The van der Waals surface area contributed by atoms with E-state index < -0.39 is 10.8 Å². The number of rotatable bonds is 4. The predicted molar refractivity (Wildman–Crippen MR) is 67.6 cm³/mol. The smallest absolute Gasteiger partial charge is 0.148 e. The molecule has 0 aliphatic rings. The maximum Gasteiger partial charge on any atom is 0.148 e. The highest BCUT2D eigenvalue weighted by Gasteiger charge is 2.15. The fourth-order valence-corrected chi connectivity index (χ4v) is 2.93. The van der Waals surface area contributed by atoms with Crippen molar-refractivity contribution in [2.75, 3.05) is 5.75 Å². The van der Waals surface area contributed by atoms with Crippen molar-refractivity contribution in [2.24, 2.45) is 5.92 Å². The summed E-state index contributed by atoms with van der Waals surface area (Å²) in [4.78, 5) is 11.9. The summed E-state index contributed by atoms with van der Waals surface area (Å²) in [6.45, 7) is 3.55. The van der Waals surface area contributed by atoms with Crippen LogP contribution < -0.4 is 0 Å². The van der Waals surface area contributed by atoms with E-state index in [0.29, 0.717) is 14.9 Å². The maximum atomic E-state index is 11.9. The minimum Gasteiger partial charge on any atom is -0.298 e. The van der Waals surface area contributed by atoms with E-state index in [9.17, 15) is 9.00 Å². The molecule has 0 amide bonds. The Balaban J connectivity index is 2.88. The molecule has 1 atom stereocenters. The van der Waals surface area contributed by atoms with E-state index in [4.69, 9.17) is 23.2 Å². The maximum absolute atomic E-state index is 11.9. The van der Waals surface area contributed by atoms with E-state index in [0.717, 1.165) is 0 Å². The lowest BCUT2D eigenvalue weighted by Crippen LogP contribution is -2.16. The summed E-state index contributed by atoms with van der Waals surface area (Å²) in [5.41, 5.74) is 0. The molecule has 88 valence electrons. The third-order valence-corrected chi connectivity index (χ3v) is 4.11. The SMILES string of the molecule is CC(C)C(=O)CS(=O)c1cc(Cl)ccc1Cl. The van der Waals surface area contributed by atoms with Gasteiger partial charge in [-0.15, -0.1) is 0 Å². The van der Waals surface area contributed by atoms with Crippen molar-refractivity contribution in [1.82, 2.24) is 0 Å². The molecule has 5 heteroatoms. The highest BCUT2D eigenvalue weighted by Crippen LogP contribution is 2.24. The summed E-state index contributed by atoms with van der Waals surface area (Å²) >= 11 is 11.7. The van der Waals surface area contributed by atoms with Crippen LogP contribution in [0, 0.1) is 5.92 Å². The Morgan fingerprint density at radius 1 is 1.38 bits per heavy atom. The average Bonchev–Trinajstić information content (AvgIpc) is 2.21. The molecule has 0 aromatic heterocycles. The molecule has 16 heavy (non-hydrogen) atoms. The van der Waals surface area contributed by atoms with Crippen molar-refractivity contribution in [3.8, 4) is 0 Å². The molecular formula is C11H12Cl2O2S. The molecule has 1 unspecified atom stereocenters. The second-order valence-electron chi connectivity index (χ2n) is 3.69. The molecule has 0 aliphatic carbocycles. The van der Waals surface area contributed by atoms with Gasteiger partial charge in [-0.25, -0.2) is 0 Å². The number of Topliss-reactive ketones (excluding diaryl/α,β-unsaturated/α-hetero) is 1. The lowest BCUT2D eigenvalue weighted by Gasteiger charge is -2.06. The Labute approximate surface area is 107 Å². The van der Waals surface area contributed by atoms with Crippen LogP contribution in [0.4, 0.5) is 0 Å². The molecular weight excluding hydrogens is 267 g/mol. The van der Waals surface area contributed by atoms with Gasteiger partial charge in [0, 0.05) is 10.9 Å². The van der Waals surface area contributed by atoms with Gasteiger partial charge in [0.2, 0.25) is 0 Å². The number of benzene rings is 1. The van der Waals surface area contributed by atoms with Crippen LogP contribution in [0.1, 0.15) is 13.8 Å². The van der Waals surface area contributed by atoms with E-state index in [2.05, 4.69) is 0 Å². The number of carbonyl (C=O) groups excluding carboxylic acids is 1. The largest absolute Gasteiger partial charge is 0.298 e. The highest BCUT2D eigenvalue weighted by molar-refractivity contribution is 7.86. The van der Waals surface area contributed by atoms with Crippen LogP contribution in [0.15, 0.2) is 23.1 Å². The van der Waals surface area contributed by atoms with Crippen molar-refractivity contribution in [2.45, 2.75) is 18.7 Å². The molecule has 0 bridgehead atoms. The first-order valence-electron chi connectivity index (χ1n) is 4.78. The zero-order chi connectivity index (χ0) is 12.3. The Hall–Kier alpha value is -0.380. The minimum absolute atomic E-state index is 0.0161. The van der Waals surface area contributed by atoms with E-state index in [-0.39, 0.29) is 17.5 Å². The molecule has 0 spiro atoms. The van der Waals surface area contributed by atoms with Gasteiger partial charge in [-0.3, -0.25) is 9.00 Å². The highest BCUT2D eigenvalue weighted by atomic mass is 35.5. The first kappa shape index (κ1) is 13.7. The van der Waals surface area contributed by atoms with E-state index in [1.54, 1.807) is 26.0 Å². The van der Waals surface area contributed by atoms with Gasteiger partial charge in [-0.1, -0.05) is 37.0 Å². The summed E-state index contributed by atoms with van der Waals surface area (Å²) < 4.78 is 11.9. The molecule has 2 nitrogen and oxygen atoms in total. The third-order valence-electron chi connectivity index (χ3n) is 2.06. The molecule has 0 radical (unpaired) electrons. The Morgan fingerprint density at radius 3 is 2.56 bits per heavy atom. The monoisotopic (exact) mass is 278 g/mol. The zero-order valence-electron chi connectivity index (χ0n) is 9.00. The molecule has 1 rings (SSSR count). The topological polar surface area (TPSA) is 34.1 Å². The van der Waals surface area contributed by atoms with Crippen molar-refractivity contribution >= 4 is 39.8 Å². The quantitative estimate of drug-likeness (QED) is 0.847. The van der Waals surface area contributed by atoms with Gasteiger partial charge in [-0.05, 0) is 18.2 Å². The van der Waals surface area contributed by atoms with Gasteiger partial charge >= 0.3 is 0 Å². The summed E-state index contributed by atoms with van der Waals surface area (Å²) in [5, 5.41) is 0.837. The van der Waals surface area contributed by atoms with E-state index in [1.807, 2.05) is 0 Å². The summed E-state index contributed by atoms with van der Waals surface area (Å²) in [7, 11) is -1.42. The number of halogens is 2. The van der Waals surface area contributed by atoms with Crippen molar-refractivity contribution in [1.29, 1.82) is 0 Å². The lowest BCUT2D eigenvalue weighted by atomic mass is 10.1. The van der Waals surface area contributed by atoms with Crippen LogP contribution in [-0.2, 0) is 15.6 Å². The molecule has 0 heterocycles. The normalized spacial score (nSPS) is 12.8. The second kappa shape index (κ2) is 5.80. The van der Waals surface area contributed by atoms with Gasteiger partial charge in [0.15, 0.2) is 0 Å². The Kier molecular flexibility index (Phi) is 4.96. The van der Waals surface area contributed by atoms with Gasteiger partial charge in [-0.2, -0.15) is 0 Å². The molecule has 0 fully saturated rings. The van der Waals surface area contributed by atoms with Crippen LogP contribution in [0.2, 0.25) is 10.0 Å². The van der Waals surface area contributed by atoms with Crippen LogP contribution >= 0.6 is 23.2 Å². The van der Waals surface area contributed by atoms with Gasteiger partial charge in [0.05, 0.1) is 26.5 Å². The van der Waals surface area contributed by atoms with Crippen molar-refractivity contribution < 1.29 is 9.00 Å². The number of hydrogen-bond acceptors (Lipinski definition) is 2. The molecule has 1 aromatic carbocycles. The fourth-order valence-electron chi connectivity index (χ4n) is 1.03. The van der Waals surface area contributed by atoms with Crippen molar-refractivity contribution in [3.63, 3.8) is 0 Å². The van der Waals surface area contributed by atoms with E-state index in [1.165, 1.54) is 6.07 Å². The van der Waals surface area contributed by atoms with Crippen LogP contribution in [0.3, 0.4) is 0 Å². The van der Waals surface area contributed by atoms with Crippen molar-refractivity contribution in [3.05, 3.63) is 28.2 Å². The first-order valence-corrected chi connectivity index (χ1v) is 6.85. The van der Waals surface area contributed by atoms with Gasteiger partial charge in [0.25, 0.3) is 0 Å². The van der Waals surface area contributed by atoms with Gasteiger partial charge in [0.1, 0.15) is 5.78 Å². The van der Waals surface area contributed by atoms with Crippen LogP contribution in [0.25, 0.3) is 0 Å².